The maximum absolute atomic E-state index is 13.1. The Balaban J connectivity index is 1.49. The monoisotopic (exact) mass is 434 g/mol. The Kier molecular flexibility index (Phi) is 5.54. The zero-order valence-electron chi connectivity index (χ0n) is 15.9. The summed E-state index contributed by atoms with van der Waals surface area (Å²) >= 11 is 6.02. The summed E-state index contributed by atoms with van der Waals surface area (Å²) in [5.74, 6) is 0.0940. The lowest BCUT2D eigenvalue weighted by molar-refractivity contribution is -0.141. The van der Waals surface area contributed by atoms with E-state index in [4.69, 9.17) is 11.6 Å². The van der Waals surface area contributed by atoms with Gasteiger partial charge in [-0.25, -0.2) is 9.97 Å². The van der Waals surface area contributed by atoms with Gasteiger partial charge in [0.15, 0.2) is 0 Å². The second-order valence-electron chi connectivity index (χ2n) is 7.14. The van der Waals surface area contributed by atoms with Gasteiger partial charge in [0.1, 0.15) is 23.2 Å². The minimum atomic E-state index is -4.55. The van der Waals surface area contributed by atoms with Crippen molar-refractivity contribution in [3.05, 3.63) is 58.6 Å². The van der Waals surface area contributed by atoms with E-state index in [1.54, 1.807) is 17.2 Å². The number of nitriles is 1. The second-order valence-corrected chi connectivity index (χ2v) is 7.58. The summed E-state index contributed by atoms with van der Waals surface area (Å²) in [6.07, 6.45) is -0.0963. The predicted octanol–water partition coefficient (Wildman–Crippen LogP) is 3.99. The third-order valence-electron chi connectivity index (χ3n) is 5.02. The van der Waals surface area contributed by atoms with Gasteiger partial charge in [0.2, 0.25) is 0 Å². The molecule has 1 aliphatic rings. The molecular weight excluding hydrogens is 417 g/mol. The van der Waals surface area contributed by atoms with Crippen LogP contribution in [0.15, 0.2) is 36.7 Å². The number of pyridine rings is 2. The summed E-state index contributed by atoms with van der Waals surface area (Å²) in [4.78, 5) is 12.3. The summed E-state index contributed by atoms with van der Waals surface area (Å²) < 4.78 is 41.1. The SMILES string of the molecule is N#Cc1ccc(C(F)(F)F)nc1N1CCCN(Cc2cn3cc(Cl)ccc3n2)CC1. The van der Waals surface area contributed by atoms with Gasteiger partial charge in [-0.1, -0.05) is 11.6 Å². The molecule has 3 aromatic rings. The van der Waals surface area contributed by atoms with Crippen LogP contribution in [0.3, 0.4) is 0 Å². The highest BCUT2D eigenvalue weighted by atomic mass is 35.5. The molecule has 0 spiro atoms. The number of fused-ring (bicyclic) bond motifs is 1. The minimum absolute atomic E-state index is 0.0940. The summed E-state index contributed by atoms with van der Waals surface area (Å²) in [6.45, 7) is 3.01. The topological polar surface area (TPSA) is 60.5 Å². The van der Waals surface area contributed by atoms with Crippen LogP contribution < -0.4 is 4.90 Å². The first-order valence-electron chi connectivity index (χ1n) is 9.42. The molecule has 0 radical (unpaired) electrons. The zero-order chi connectivity index (χ0) is 21.3. The highest BCUT2D eigenvalue weighted by Gasteiger charge is 2.34. The largest absolute Gasteiger partial charge is 0.433 e. The van der Waals surface area contributed by atoms with E-state index in [0.717, 1.165) is 30.4 Å². The number of anilines is 1. The molecule has 1 aliphatic heterocycles. The van der Waals surface area contributed by atoms with Crippen LogP contribution in [0.25, 0.3) is 5.65 Å². The third-order valence-corrected chi connectivity index (χ3v) is 5.25. The molecule has 4 heterocycles. The Morgan fingerprint density at radius 2 is 1.87 bits per heavy atom. The van der Waals surface area contributed by atoms with Crippen LogP contribution in [0.4, 0.5) is 19.0 Å². The smallest absolute Gasteiger partial charge is 0.354 e. The quantitative estimate of drug-likeness (QED) is 0.624. The number of aromatic nitrogens is 3. The van der Waals surface area contributed by atoms with E-state index in [1.807, 2.05) is 22.7 Å². The number of rotatable bonds is 3. The summed E-state index contributed by atoms with van der Waals surface area (Å²) in [5, 5.41) is 9.94. The van der Waals surface area contributed by atoms with Gasteiger partial charge < -0.3 is 9.30 Å². The van der Waals surface area contributed by atoms with E-state index in [2.05, 4.69) is 14.9 Å². The third kappa shape index (κ3) is 4.35. The molecule has 10 heteroatoms. The van der Waals surface area contributed by atoms with Crippen molar-refractivity contribution in [1.82, 2.24) is 19.3 Å². The van der Waals surface area contributed by atoms with Crippen LogP contribution in [0.2, 0.25) is 5.02 Å². The van der Waals surface area contributed by atoms with Crippen molar-refractivity contribution < 1.29 is 13.2 Å². The van der Waals surface area contributed by atoms with Crippen molar-refractivity contribution in [1.29, 1.82) is 5.26 Å². The maximum Gasteiger partial charge on any atom is 0.433 e. The number of alkyl halides is 3. The summed E-state index contributed by atoms with van der Waals surface area (Å²) in [6, 6.07) is 7.62. The number of halogens is 4. The van der Waals surface area contributed by atoms with Gasteiger partial charge in [0.25, 0.3) is 0 Å². The minimum Gasteiger partial charge on any atom is -0.354 e. The molecule has 4 rings (SSSR count). The van der Waals surface area contributed by atoms with E-state index in [1.165, 1.54) is 6.07 Å². The number of hydrogen-bond acceptors (Lipinski definition) is 5. The average Bonchev–Trinajstić information content (AvgIpc) is 2.95. The zero-order valence-corrected chi connectivity index (χ0v) is 16.7. The van der Waals surface area contributed by atoms with Gasteiger partial charge in [-0.3, -0.25) is 4.90 Å². The van der Waals surface area contributed by atoms with Crippen molar-refractivity contribution in [2.75, 3.05) is 31.1 Å². The molecule has 0 unspecified atom stereocenters. The highest BCUT2D eigenvalue weighted by molar-refractivity contribution is 6.30. The number of imidazole rings is 1. The second kappa shape index (κ2) is 8.13. The van der Waals surface area contributed by atoms with Crippen molar-refractivity contribution in [2.24, 2.45) is 0 Å². The molecule has 0 aromatic carbocycles. The first-order chi connectivity index (χ1) is 14.3. The molecule has 0 amide bonds. The van der Waals surface area contributed by atoms with Gasteiger partial charge in [0, 0.05) is 45.1 Å². The van der Waals surface area contributed by atoms with Gasteiger partial charge in [0.05, 0.1) is 16.3 Å². The van der Waals surface area contributed by atoms with Crippen LogP contribution >= 0.6 is 11.6 Å². The van der Waals surface area contributed by atoms with E-state index in [-0.39, 0.29) is 11.4 Å². The molecule has 0 saturated carbocycles. The molecule has 30 heavy (non-hydrogen) atoms. The standard InChI is InChI=1S/C20H18ClF3N6/c21-15-3-5-18-26-16(13-30(18)11-15)12-28-6-1-7-29(9-8-28)19-14(10-25)2-4-17(27-19)20(22,23)24/h2-5,11,13H,1,6-9,12H2. The molecule has 0 aliphatic carbocycles. The van der Waals surface area contributed by atoms with Crippen molar-refractivity contribution >= 4 is 23.1 Å². The molecule has 1 saturated heterocycles. The summed E-state index contributed by atoms with van der Waals surface area (Å²) in [5.41, 5.74) is 0.855. The fourth-order valence-corrected chi connectivity index (χ4v) is 3.77. The fourth-order valence-electron chi connectivity index (χ4n) is 3.60. The van der Waals surface area contributed by atoms with Crippen molar-refractivity contribution in [3.8, 4) is 6.07 Å². The lowest BCUT2D eigenvalue weighted by Gasteiger charge is -2.24. The van der Waals surface area contributed by atoms with E-state index < -0.39 is 11.9 Å². The Hall–Kier alpha value is -2.83. The molecule has 3 aromatic heterocycles. The van der Waals surface area contributed by atoms with Crippen LogP contribution in [0.1, 0.15) is 23.4 Å². The van der Waals surface area contributed by atoms with Crippen LogP contribution in [0, 0.1) is 11.3 Å². The van der Waals surface area contributed by atoms with Gasteiger partial charge >= 0.3 is 6.18 Å². The van der Waals surface area contributed by atoms with Crippen molar-refractivity contribution in [2.45, 2.75) is 19.1 Å². The predicted molar refractivity (Wildman–Crippen MR) is 106 cm³/mol. The van der Waals surface area contributed by atoms with Crippen LogP contribution in [-0.4, -0.2) is 45.4 Å². The van der Waals surface area contributed by atoms with Gasteiger partial charge in [-0.15, -0.1) is 0 Å². The van der Waals surface area contributed by atoms with Gasteiger partial charge in [-0.2, -0.15) is 18.4 Å². The number of hydrogen-bond donors (Lipinski definition) is 0. The molecule has 0 bridgehead atoms. The average molecular weight is 435 g/mol. The highest BCUT2D eigenvalue weighted by Crippen LogP contribution is 2.30. The first-order valence-corrected chi connectivity index (χ1v) is 9.80. The van der Waals surface area contributed by atoms with E-state index in [9.17, 15) is 18.4 Å². The summed E-state index contributed by atoms with van der Waals surface area (Å²) in [7, 11) is 0. The normalized spacial score (nSPS) is 15.9. The lowest BCUT2D eigenvalue weighted by Crippen LogP contribution is -2.32. The lowest BCUT2D eigenvalue weighted by atomic mass is 10.2. The first kappa shape index (κ1) is 20.4. The van der Waals surface area contributed by atoms with Crippen LogP contribution in [-0.2, 0) is 12.7 Å². The molecule has 6 nitrogen and oxygen atoms in total. The van der Waals surface area contributed by atoms with Crippen LogP contribution in [0.5, 0.6) is 0 Å². The maximum atomic E-state index is 13.1. The molecule has 1 fully saturated rings. The van der Waals surface area contributed by atoms with E-state index >= 15 is 0 Å². The number of nitrogens with zero attached hydrogens (tertiary/aromatic N) is 6. The Morgan fingerprint density at radius 1 is 1.03 bits per heavy atom. The molecule has 0 atom stereocenters. The molecule has 156 valence electrons. The van der Waals surface area contributed by atoms with Crippen molar-refractivity contribution in [3.63, 3.8) is 0 Å². The molecule has 0 N–H and O–H groups in total. The van der Waals surface area contributed by atoms with Gasteiger partial charge in [-0.05, 0) is 30.7 Å². The van der Waals surface area contributed by atoms with E-state index in [0.29, 0.717) is 31.2 Å². The molecular formula is C20H18ClF3N6. The Morgan fingerprint density at radius 3 is 2.63 bits per heavy atom. The Bertz CT molecular complexity index is 1100. The Labute approximate surface area is 176 Å². The fraction of sp³-hybridized carbons (Fsp3) is 0.350.